The van der Waals surface area contributed by atoms with E-state index < -0.39 is 0 Å². The highest BCUT2D eigenvalue weighted by Crippen LogP contribution is 2.36. The minimum atomic E-state index is -0.0938. The van der Waals surface area contributed by atoms with E-state index in [-0.39, 0.29) is 11.7 Å². The fraction of sp³-hybridized carbons (Fsp3) is 0.222. The third-order valence-corrected chi connectivity index (χ3v) is 5.40. The highest BCUT2D eigenvalue weighted by atomic mass is 32.2. The fourth-order valence-corrected chi connectivity index (χ4v) is 3.63. The van der Waals surface area contributed by atoms with E-state index in [1.807, 2.05) is 41.8 Å². The first kappa shape index (κ1) is 16.8. The van der Waals surface area contributed by atoms with E-state index in [2.05, 4.69) is 32.7 Å². The minimum absolute atomic E-state index is 0.0938. The molecule has 6 nitrogen and oxygen atoms in total. The minimum Gasteiger partial charge on any atom is -0.325 e. The standard InChI is InChI=1S/C18H15N5OS2/c24-17(12-26-18-20-21-22-23(18)15-7-8-15)19-14-4-1-3-13(11-14)6-9-16-5-2-10-25-16/h1-5,10-11,15H,7-8,12H2,(H,19,24). The topological polar surface area (TPSA) is 72.7 Å². The summed E-state index contributed by atoms with van der Waals surface area (Å²) in [7, 11) is 0. The average Bonchev–Trinajstić information content (AvgIpc) is 3.16. The molecule has 1 saturated carbocycles. The molecule has 3 aromatic rings. The first-order valence-corrected chi connectivity index (χ1v) is 10.0. The Balaban J connectivity index is 1.35. The normalized spacial score (nSPS) is 13.1. The maximum atomic E-state index is 12.2. The van der Waals surface area contributed by atoms with Crippen molar-refractivity contribution in [2.75, 3.05) is 11.1 Å². The number of anilines is 1. The molecule has 1 amide bonds. The zero-order chi connectivity index (χ0) is 17.8. The Hall–Kier alpha value is -2.63. The van der Waals surface area contributed by atoms with Crippen LogP contribution in [-0.4, -0.2) is 31.9 Å². The zero-order valence-corrected chi connectivity index (χ0v) is 15.4. The summed E-state index contributed by atoms with van der Waals surface area (Å²) in [6.07, 6.45) is 2.20. The summed E-state index contributed by atoms with van der Waals surface area (Å²) in [5, 5.41) is 17.3. The van der Waals surface area contributed by atoms with E-state index in [1.54, 1.807) is 16.0 Å². The number of carbonyl (C=O) groups excluding carboxylic acids is 1. The van der Waals surface area contributed by atoms with Crippen LogP contribution in [0.3, 0.4) is 0 Å². The maximum Gasteiger partial charge on any atom is 0.234 e. The van der Waals surface area contributed by atoms with Crippen molar-refractivity contribution >= 4 is 34.7 Å². The monoisotopic (exact) mass is 381 g/mol. The summed E-state index contributed by atoms with van der Waals surface area (Å²) in [6.45, 7) is 0. The van der Waals surface area contributed by atoms with Crippen LogP contribution in [0.2, 0.25) is 0 Å². The van der Waals surface area contributed by atoms with Crippen molar-refractivity contribution in [1.82, 2.24) is 20.2 Å². The summed E-state index contributed by atoms with van der Waals surface area (Å²) in [5.41, 5.74) is 1.59. The molecule has 0 spiro atoms. The summed E-state index contributed by atoms with van der Waals surface area (Å²) in [4.78, 5) is 13.2. The lowest BCUT2D eigenvalue weighted by Gasteiger charge is -2.05. The first-order chi connectivity index (χ1) is 12.8. The number of tetrazole rings is 1. The molecule has 4 rings (SSSR count). The van der Waals surface area contributed by atoms with Gasteiger partial charge in [-0.05, 0) is 52.9 Å². The van der Waals surface area contributed by atoms with Gasteiger partial charge in [-0.1, -0.05) is 35.7 Å². The van der Waals surface area contributed by atoms with Crippen LogP contribution in [0, 0.1) is 11.8 Å². The van der Waals surface area contributed by atoms with Gasteiger partial charge in [0.2, 0.25) is 11.1 Å². The van der Waals surface area contributed by atoms with Crippen LogP contribution in [0.5, 0.6) is 0 Å². The maximum absolute atomic E-state index is 12.2. The zero-order valence-electron chi connectivity index (χ0n) is 13.8. The lowest BCUT2D eigenvalue weighted by Crippen LogP contribution is -2.14. The summed E-state index contributed by atoms with van der Waals surface area (Å²) >= 11 is 2.96. The number of nitrogens with one attached hydrogen (secondary N) is 1. The molecule has 2 aromatic heterocycles. The van der Waals surface area contributed by atoms with Crippen LogP contribution in [0.15, 0.2) is 46.9 Å². The van der Waals surface area contributed by atoms with Crippen LogP contribution >= 0.6 is 23.1 Å². The van der Waals surface area contributed by atoms with E-state index in [0.29, 0.717) is 11.2 Å². The molecule has 1 aliphatic carbocycles. The van der Waals surface area contributed by atoms with Crippen molar-refractivity contribution < 1.29 is 4.79 Å². The highest BCUT2D eigenvalue weighted by molar-refractivity contribution is 7.99. The van der Waals surface area contributed by atoms with Gasteiger partial charge in [-0.3, -0.25) is 4.79 Å². The Bertz CT molecular complexity index is 967. The smallest absolute Gasteiger partial charge is 0.234 e. The number of nitrogens with zero attached hydrogens (tertiary/aromatic N) is 4. The quantitative estimate of drug-likeness (QED) is 0.543. The van der Waals surface area contributed by atoms with Crippen LogP contribution in [0.1, 0.15) is 29.3 Å². The van der Waals surface area contributed by atoms with Crippen LogP contribution in [0.4, 0.5) is 5.69 Å². The van der Waals surface area contributed by atoms with Crippen molar-refractivity contribution in [3.63, 3.8) is 0 Å². The van der Waals surface area contributed by atoms with Crippen molar-refractivity contribution in [3.05, 3.63) is 52.2 Å². The second-order valence-corrected chi connectivity index (χ2v) is 7.67. The number of thioether (sulfide) groups is 1. The third kappa shape index (κ3) is 4.31. The molecule has 1 aliphatic rings. The van der Waals surface area contributed by atoms with E-state index in [9.17, 15) is 4.79 Å². The van der Waals surface area contributed by atoms with E-state index >= 15 is 0 Å². The van der Waals surface area contributed by atoms with Crippen LogP contribution < -0.4 is 5.32 Å². The molecule has 0 bridgehead atoms. The molecule has 0 unspecified atom stereocenters. The predicted molar refractivity (Wildman–Crippen MR) is 102 cm³/mol. The third-order valence-electron chi connectivity index (χ3n) is 3.69. The first-order valence-electron chi connectivity index (χ1n) is 8.14. The molecule has 0 radical (unpaired) electrons. The Morgan fingerprint density at radius 3 is 3.04 bits per heavy atom. The number of benzene rings is 1. The second-order valence-electron chi connectivity index (χ2n) is 5.78. The van der Waals surface area contributed by atoms with Crippen LogP contribution in [0.25, 0.3) is 0 Å². The molecule has 8 heteroatoms. The Morgan fingerprint density at radius 2 is 2.23 bits per heavy atom. The number of carbonyl (C=O) groups is 1. The molecular formula is C18H15N5OS2. The van der Waals surface area contributed by atoms with Gasteiger partial charge in [0.1, 0.15) is 0 Å². The van der Waals surface area contributed by atoms with Gasteiger partial charge in [0.15, 0.2) is 0 Å². The number of thiophene rings is 1. The predicted octanol–water partition coefficient (Wildman–Crippen LogP) is 3.20. The Labute approximate surface area is 159 Å². The van der Waals surface area contributed by atoms with Crippen molar-refractivity contribution in [3.8, 4) is 11.8 Å². The Morgan fingerprint density at radius 1 is 1.31 bits per heavy atom. The largest absolute Gasteiger partial charge is 0.325 e. The number of hydrogen-bond acceptors (Lipinski definition) is 6. The molecule has 1 N–H and O–H groups in total. The van der Waals surface area contributed by atoms with E-state index in [0.717, 1.165) is 29.0 Å². The van der Waals surface area contributed by atoms with Gasteiger partial charge in [-0.25, -0.2) is 4.68 Å². The summed E-state index contributed by atoms with van der Waals surface area (Å²) in [6, 6.07) is 11.9. The van der Waals surface area contributed by atoms with Gasteiger partial charge in [0.25, 0.3) is 0 Å². The van der Waals surface area contributed by atoms with Gasteiger partial charge in [0.05, 0.1) is 16.7 Å². The SMILES string of the molecule is O=C(CSc1nnnn1C1CC1)Nc1cccc(C#Cc2cccs2)c1. The molecule has 0 saturated heterocycles. The molecule has 26 heavy (non-hydrogen) atoms. The molecule has 0 atom stereocenters. The van der Waals surface area contributed by atoms with Crippen molar-refractivity contribution in [2.24, 2.45) is 0 Å². The van der Waals surface area contributed by atoms with Gasteiger partial charge >= 0.3 is 0 Å². The number of rotatable bonds is 5. The number of amides is 1. The van der Waals surface area contributed by atoms with Crippen molar-refractivity contribution in [1.29, 1.82) is 0 Å². The van der Waals surface area contributed by atoms with Gasteiger partial charge in [-0.2, -0.15) is 0 Å². The molecule has 1 aromatic carbocycles. The molecule has 130 valence electrons. The molecule has 1 fully saturated rings. The summed E-state index contributed by atoms with van der Waals surface area (Å²) < 4.78 is 1.80. The fourth-order valence-electron chi connectivity index (χ4n) is 2.31. The summed E-state index contributed by atoms with van der Waals surface area (Å²) in [5.74, 6) is 6.40. The van der Waals surface area contributed by atoms with Gasteiger partial charge in [-0.15, -0.1) is 16.4 Å². The Kier molecular flexibility index (Phi) is 5.00. The van der Waals surface area contributed by atoms with Gasteiger partial charge in [0, 0.05) is 11.3 Å². The van der Waals surface area contributed by atoms with Gasteiger partial charge < -0.3 is 5.32 Å². The van der Waals surface area contributed by atoms with E-state index in [4.69, 9.17) is 0 Å². The lowest BCUT2D eigenvalue weighted by molar-refractivity contribution is -0.113. The number of aromatic nitrogens is 4. The highest BCUT2D eigenvalue weighted by Gasteiger charge is 2.28. The molecular weight excluding hydrogens is 366 g/mol. The average molecular weight is 381 g/mol. The van der Waals surface area contributed by atoms with E-state index in [1.165, 1.54) is 11.8 Å². The number of hydrogen-bond donors (Lipinski definition) is 1. The lowest BCUT2D eigenvalue weighted by atomic mass is 10.2. The molecule has 0 aliphatic heterocycles. The second kappa shape index (κ2) is 7.72. The van der Waals surface area contributed by atoms with Crippen molar-refractivity contribution in [2.45, 2.75) is 24.0 Å². The van der Waals surface area contributed by atoms with Crippen LogP contribution in [-0.2, 0) is 4.79 Å². The molecule has 2 heterocycles.